The van der Waals surface area contributed by atoms with Gasteiger partial charge in [-0.1, -0.05) is 31.2 Å². The number of methoxy groups -OCH3 is 2. The largest absolute Gasteiger partial charge is 0.493 e. The average molecular weight is 512 g/mol. The number of anilines is 1. The lowest BCUT2D eigenvalue weighted by Crippen LogP contribution is -2.30. The third kappa shape index (κ3) is 8.10. The Labute approximate surface area is 191 Å². The topological polar surface area (TPSA) is 58.1 Å². The highest BCUT2D eigenvalue weighted by molar-refractivity contribution is 14.0. The van der Waals surface area contributed by atoms with Crippen molar-refractivity contribution in [2.45, 2.75) is 26.9 Å². The van der Waals surface area contributed by atoms with Gasteiger partial charge in [0.2, 0.25) is 0 Å². The summed E-state index contributed by atoms with van der Waals surface area (Å²) in [7, 11) is 5.38. The average Bonchev–Trinajstić information content (AvgIpc) is 2.72. The Balaban J connectivity index is 0.00000420. The molecule has 0 aromatic heterocycles. The number of halogens is 1. The molecule has 0 saturated carbocycles. The summed E-state index contributed by atoms with van der Waals surface area (Å²) in [5.41, 5.74) is 3.37. The lowest BCUT2D eigenvalue weighted by atomic mass is 10.1. The number of hydrogen-bond donors (Lipinski definition) is 2. The van der Waals surface area contributed by atoms with E-state index in [9.17, 15) is 0 Å². The normalized spacial score (nSPS) is 11.0. The molecule has 0 aliphatic rings. The van der Waals surface area contributed by atoms with E-state index in [1.54, 1.807) is 14.2 Å². The predicted molar refractivity (Wildman–Crippen MR) is 132 cm³/mol. The van der Waals surface area contributed by atoms with Gasteiger partial charge in [-0.05, 0) is 43.8 Å². The van der Waals surface area contributed by atoms with Gasteiger partial charge in [-0.15, -0.1) is 24.0 Å². The van der Waals surface area contributed by atoms with Gasteiger partial charge in [0.1, 0.15) is 0 Å². The minimum atomic E-state index is 0. The number of guanidine groups is 1. The molecule has 0 amide bonds. The maximum Gasteiger partial charge on any atom is 0.196 e. The van der Waals surface area contributed by atoms with Crippen molar-refractivity contribution < 1.29 is 9.47 Å². The fourth-order valence-corrected chi connectivity index (χ4v) is 2.78. The molecule has 2 N–H and O–H groups in total. The molecule has 0 fully saturated rings. The van der Waals surface area contributed by atoms with Crippen LogP contribution >= 0.6 is 24.0 Å². The van der Waals surface area contributed by atoms with E-state index in [2.05, 4.69) is 53.8 Å². The van der Waals surface area contributed by atoms with Crippen molar-refractivity contribution in [3.8, 4) is 11.5 Å². The summed E-state index contributed by atoms with van der Waals surface area (Å²) < 4.78 is 10.7. The molecule has 29 heavy (non-hydrogen) atoms. The molecule has 0 aliphatic heterocycles. The molecule has 0 unspecified atom stereocenters. The van der Waals surface area contributed by atoms with Crippen molar-refractivity contribution in [3.63, 3.8) is 0 Å². The maximum atomic E-state index is 5.37. The minimum Gasteiger partial charge on any atom is -0.493 e. The van der Waals surface area contributed by atoms with E-state index in [4.69, 9.17) is 14.5 Å². The third-order valence-corrected chi connectivity index (χ3v) is 4.39. The summed E-state index contributed by atoms with van der Waals surface area (Å²) in [6, 6.07) is 14.3. The van der Waals surface area contributed by atoms with Crippen molar-refractivity contribution in [2.75, 3.05) is 39.7 Å². The highest BCUT2D eigenvalue weighted by Crippen LogP contribution is 2.29. The molecule has 0 bridgehead atoms. The second kappa shape index (κ2) is 13.3. The van der Waals surface area contributed by atoms with Crippen molar-refractivity contribution in [2.24, 2.45) is 4.99 Å². The van der Waals surface area contributed by atoms with Crippen LogP contribution in [0.15, 0.2) is 47.5 Å². The summed E-state index contributed by atoms with van der Waals surface area (Å²) in [5.74, 6) is 2.10. The zero-order chi connectivity index (χ0) is 20.4. The van der Waals surface area contributed by atoms with E-state index < -0.39 is 0 Å². The van der Waals surface area contributed by atoms with E-state index >= 15 is 0 Å². The SMILES string of the molecule is CCNC(=NCc1cccc(CN(C)CC)c1)Nc1ccc(OC)c(OC)c1.I. The number of benzene rings is 2. The molecular weight excluding hydrogens is 479 g/mol. The van der Waals surface area contributed by atoms with Crippen LogP contribution in [0.5, 0.6) is 11.5 Å². The molecule has 0 aliphatic carbocycles. The molecule has 7 heteroatoms. The quantitative estimate of drug-likeness (QED) is 0.297. The zero-order valence-electron chi connectivity index (χ0n) is 18.0. The standard InChI is InChI=1S/C22H32N4O2.HI/c1-6-23-22(25-19-11-12-20(27-4)21(14-19)28-5)24-15-17-9-8-10-18(13-17)16-26(3)7-2;/h8-14H,6-7,15-16H2,1-5H3,(H2,23,24,25);1H. The molecule has 0 saturated heterocycles. The third-order valence-electron chi connectivity index (χ3n) is 4.39. The molecule has 2 rings (SSSR count). The number of nitrogens with zero attached hydrogens (tertiary/aromatic N) is 2. The maximum absolute atomic E-state index is 5.37. The van der Waals surface area contributed by atoms with Crippen LogP contribution in [-0.4, -0.2) is 45.2 Å². The first kappa shape index (κ1) is 25.0. The summed E-state index contributed by atoms with van der Waals surface area (Å²) in [6.45, 7) is 7.57. The second-order valence-corrected chi connectivity index (χ2v) is 6.54. The van der Waals surface area contributed by atoms with Gasteiger partial charge in [0.05, 0.1) is 20.8 Å². The van der Waals surface area contributed by atoms with Crippen LogP contribution in [-0.2, 0) is 13.1 Å². The number of ether oxygens (including phenoxy) is 2. The van der Waals surface area contributed by atoms with Gasteiger partial charge in [0.15, 0.2) is 17.5 Å². The van der Waals surface area contributed by atoms with Gasteiger partial charge in [0.25, 0.3) is 0 Å². The van der Waals surface area contributed by atoms with Crippen molar-refractivity contribution in [3.05, 3.63) is 53.6 Å². The Kier molecular flexibility index (Phi) is 11.5. The molecule has 2 aromatic rings. The fourth-order valence-electron chi connectivity index (χ4n) is 2.78. The van der Waals surface area contributed by atoms with Crippen LogP contribution in [0.3, 0.4) is 0 Å². The fraction of sp³-hybridized carbons (Fsp3) is 0.409. The lowest BCUT2D eigenvalue weighted by molar-refractivity contribution is 0.345. The molecule has 160 valence electrons. The van der Waals surface area contributed by atoms with Crippen molar-refractivity contribution in [1.29, 1.82) is 0 Å². The molecule has 0 spiro atoms. The van der Waals surface area contributed by atoms with Crippen LogP contribution in [0, 0.1) is 0 Å². The van der Waals surface area contributed by atoms with Crippen molar-refractivity contribution >= 4 is 35.6 Å². The van der Waals surface area contributed by atoms with Crippen LogP contribution in [0.25, 0.3) is 0 Å². The number of aliphatic imine (C=N–C) groups is 1. The Morgan fingerprint density at radius 2 is 1.72 bits per heavy atom. The minimum absolute atomic E-state index is 0. The van der Waals surface area contributed by atoms with Crippen molar-refractivity contribution in [1.82, 2.24) is 10.2 Å². The van der Waals surface area contributed by atoms with Gasteiger partial charge in [-0.2, -0.15) is 0 Å². The van der Waals surface area contributed by atoms with E-state index in [-0.39, 0.29) is 24.0 Å². The summed E-state index contributed by atoms with van der Waals surface area (Å²) >= 11 is 0. The number of hydrogen-bond acceptors (Lipinski definition) is 4. The summed E-state index contributed by atoms with van der Waals surface area (Å²) in [5, 5.41) is 6.61. The smallest absolute Gasteiger partial charge is 0.196 e. The molecule has 0 radical (unpaired) electrons. The van der Waals surface area contributed by atoms with Crippen LogP contribution in [0.1, 0.15) is 25.0 Å². The Bertz CT molecular complexity index is 783. The Morgan fingerprint density at radius 3 is 2.38 bits per heavy atom. The Morgan fingerprint density at radius 1 is 1.00 bits per heavy atom. The number of rotatable bonds is 9. The van der Waals surface area contributed by atoms with E-state index in [0.29, 0.717) is 18.0 Å². The monoisotopic (exact) mass is 512 g/mol. The van der Waals surface area contributed by atoms with Gasteiger partial charge >= 0.3 is 0 Å². The van der Waals surface area contributed by atoms with Gasteiger partial charge in [0, 0.05) is 24.8 Å². The zero-order valence-corrected chi connectivity index (χ0v) is 20.3. The van der Waals surface area contributed by atoms with Crippen LogP contribution < -0.4 is 20.1 Å². The molecular formula is C22H33IN4O2. The highest BCUT2D eigenvalue weighted by atomic mass is 127. The predicted octanol–water partition coefficient (Wildman–Crippen LogP) is 4.35. The van der Waals surface area contributed by atoms with Crippen LogP contribution in [0.4, 0.5) is 5.69 Å². The van der Waals surface area contributed by atoms with E-state index in [1.165, 1.54) is 11.1 Å². The summed E-state index contributed by atoms with van der Waals surface area (Å²) in [4.78, 5) is 7.01. The van der Waals surface area contributed by atoms with Gasteiger partial charge in [-0.25, -0.2) is 4.99 Å². The number of nitrogens with one attached hydrogen (secondary N) is 2. The molecule has 0 atom stereocenters. The lowest BCUT2D eigenvalue weighted by Gasteiger charge is -2.15. The Hall–Kier alpha value is -2.00. The molecule has 2 aromatic carbocycles. The van der Waals surface area contributed by atoms with Crippen LogP contribution in [0.2, 0.25) is 0 Å². The van der Waals surface area contributed by atoms with E-state index in [0.717, 1.165) is 31.3 Å². The second-order valence-electron chi connectivity index (χ2n) is 6.54. The van der Waals surface area contributed by atoms with Gasteiger partial charge in [-0.3, -0.25) is 0 Å². The molecule has 6 nitrogen and oxygen atoms in total. The first-order valence-electron chi connectivity index (χ1n) is 9.63. The van der Waals surface area contributed by atoms with Gasteiger partial charge < -0.3 is 25.0 Å². The van der Waals surface area contributed by atoms with E-state index in [1.807, 2.05) is 25.1 Å². The first-order valence-corrected chi connectivity index (χ1v) is 9.63. The summed E-state index contributed by atoms with van der Waals surface area (Å²) in [6.07, 6.45) is 0. The highest BCUT2D eigenvalue weighted by Gasteiger charge is 2.06. The molecule has 0 heterocycles. The first-order chi connectivity index (χ1) is 13.6.